The lowest BCUT2D eigenvalue weighted by molar-refractivity contribution is -0.134. The van der Waals surface area contributed by atoms with E-state index in [1.54, 1.807) is 16.7 Å². The summed E-state index contributed by atoms with van der Waals surface area (Å²) in [7, 11) is 1.63. The summed E-state index contributed by atoms with van der Waals surface area (Å²) in [4.78, 5) is 29.3. The van der Waals surface area contributed by atoms with Gasteiger partial charge in [-0.25, -0.2) is 0 Å². The fourth-order valence-electron chi connectivity index (χ4n) is 5.21. The van der Waals surface area contributed by atoms with Crippen molar-refractivity contribution < 1.29 is 14.3 Å². The van der Waals surface area contributed by atoms with Crippen LogP contribution >= 0.6 is 0 Å². The summed E-state index contributed by atoms with van der Waals surface area (Å²) < 4.78 is 7.15. The lowest BCUT2D eigenvalue weighted by Gasteiger charge is -2.44. The molecule has 3 aliphatic rings. The SMILES string of the molecule is COc1cccc(CN2C(=O)c3cc(C4CC4)nn3C[C@]2(C)C(=O)NC2CCCCCC2)c1. The van der Waals surface area contributed by atoms with Gasteiger partial charge < -0.3 is 15.0 Å². The van der Waals surface area contributed by atoms with Gasteiger partial charge in [-0.1, -0.05) is 37.8 Å². The molecule has 2 heterocycles. The molecule has 1 aliphatic heterocycles. The molecule has 0 spiro atoms. The lowest BCUT2D eigenvalue weighted by atomic mass is 9.93. The zero-order valence-corrected chi connectivity index (χ0v) is 19.7. The summed E-state index contributed by atoms with van der Waals surface area (Å²) >= 11 is 0. The Balaban J connectivity index is 1.47. The van der Waals surface area contributed by atoms with Crippen LogP contribution in [0.2, 0.25) is 0 Å². The van der Waals surface area contributed by atoms with Crippen molar-refractivity contribution in [3.8, 4) is 5.75 Å². The average molecular weight is 451 g/mol. The van der Waals surface area contributed by atoms with E-state index in [9.17, 15) is 9.59 Å². The minimum absolute atomic E-state index is 0.0835. The minimum Gasteiger partial charge on any atom is -0.497 e. The van der Waals surface area contributed by atoms with Gasteiger partial charge in [0.2, 0.25) is 5.91 Å². The van der Waals surface area contributed by atoms with Crippen molar-refractivity contribution in [1.82, 2.24) is 20.0 Å². The summed E-state index contributed by atoms with van der Waals surface area (Å²) in [6, 6.07) is 9.81. The maximum Gasteiger partial charge on any atom is 0.273 e. The van der Waals surface area contributed by atoms with Crippen LogP contribution in [0.15, 0.2) is 30.3 Å². The number of carbonyl (C=O) groups is 2. The number of amides is 2. The molecule has 1 aromatic carbocycles. The highest BCUT2D eigenvalue weighted by atomic mass is 16.5. The van der Waals surface area contributed by atoms with Crippen molar-refractivity contribution >= 4 is 11.8 Å². The molecule has 1 aromatic heterocycles. The largest absolute Gasteiger partial charge is 0.497 e. The Morgan fingerprint density at radius 3 is 2.61 bits per heavy atom. The second-order valence-corrected chi connectivity index (χ2v) is 10.1. The summed E-state index contributed by atoms with van der Waals surface area (Å²) in [5, 5.41) is 8.04. The topological polar surface area (TPSA) is 76.5 Å². The lowest BCUT2D eigenvalue weighted by Crippen LogP contribution is -2.64. The third kappa shape index (κ3) is 4.37. The van der Waals surface area contributed by atoms with Gasteiger partial charge >= 0.3 is 0 Å². The van der Waals surface area contributed by atoms with Gasteiger partial charge in [-0.05, 0) is 56.4 Å². The zero-order chi connectivity index (χ0) is 23.0. The number of aromatic nitrogens is 2. The fraction of sp³-hybridized carbons (Fsp3) is 0.577. The van der Waals surface area contributed by atoms with Crippen LogP contribution in [0.4, 0.5) is 0 Å². The van der Waals surface area contributed by atoms with Crippen LogP contribution in [-0.2, 0) is 17.9 Å². The number of carbonyl (C=O) groups excluding carboxylic acids is 2. The maximum absolute atomic E-state index is 13.8. The second-order valence-electron chi connectivity index (χ2n) is 10.1. The summed E-state index contributed by atoms with van der Waals surface area (Å²) in [5.41, 5.74) is 1.48. The van der Waals surface area contributed by atoms with E-state index in [0.717, 1.165) is 55.5 Å². The minimum atomic E-state index is -1.02. The van der Waals surface area contributed by atoms with E-state index in [4.69, 9.17) is 9.84 Å². The molecule has 7 nitrogen and oxygen atoms in total. The summed E-state index contributed by atoms with van der Waals surface area (Å²) in [6.45, 7) is 2.59. The normalized spacial score (nSPS) is 23.7. The molecule has 7 heteroatoms. The van der Waals surface area contributed by atoms with E-state index in [-0.39, 0.29) is 17.9 Å². The van der Waals surface area contributed by atoms with Gasteiger partial charge in [0.1, 0.15) is 17.0 Å². The van der Waals surface area contributed by atoms with Crippen molar-refractivity contribution in [2.24, 2.45) is 0 Å². The molecule has 2 amide bonds. The Morgan fingerprint density at radius 2 is 1.91 bits per heavy atom. The van der Waals surface area contributed by atoms with Gasteiger partial charge in [-0.3, -0.25) is 14.3 Å². The van der Waals surface area contributed by atoms with Gasteiger partial charge in [0.25, 0.3) is 5.91 Å². The molecule has 2 saturated carbocycles. The first-order valence-electron chi connectivity index (χ1n) is 12.3. The van der Waals surface area contributed by atoms with Crippen molar-refractivity contribution in [2.45, 2.75) is 88.9 Å². The smallest absolute Gasteiger partial charge is 0.273 e. The van der Waals surface area contributed by atoms with Crippen LogP contribution in [-0.4, -0.2) is 45.2 Å². The first kappa shape index (κ1) is 22.0. The van der Waals surface area contributed by atoms with Gasteiger partial charge in [0, 0.05) is 18.5 Å². The number of nitrogens with zero attached hydrogens (tertiary/aromatic N) is 3. The molecular formula is C26H34N4O3. The van der Waals surface area contributed by atoms with Crippen molar-refractivity contribution in [2.75, 3.05) is 7.11 Å². The van der Waals surface area contributed by atoms with Crippen molar-refractivity contribution in [3.05, 3.63) is 47.3 Å². The Labute approximate surface area is 195 Å². The van der Waals surface area contributed by atoms with Crippen molar-refractivity contribution in [1.29, 1.82) is 0 Å². The number of ether oxygens (including phenoxy) is 1. The number of hydrogen-bond donors (Lipinski definition) is 1. The van der Waals surface area contributed by atoms with E-state index in [2.05, 4.69) is 5.32 Å². The van der Waals surface area contributed by atoms with Crippen LogP contribution in [0.3, 0.4) is 0 Å². The molecule has 0 unspecified atom stereocenters. The molecule has 176 valence electrons. The number of benzene rings is 1. The number of rotatable bonds is 6. The highest BCUT2D eigenvalue weighted by Gasteiger charge is 2.48. The first-order chi connectivity index (χ1) is 16.0. The Bertz CT molecular complexity index is 1040. The molecule has 1 atom stereocenters. The summed E-state index contributed by atoms with van der Waals surface area (Å²) in [5.74, 6) is 0.971. The van der Waals surface area contributed by atoms with Gasteiger partial charge in [0.05, 0.1) is 19.3 Å². The van der Waals surface area contributed by atoms with Crippen LogP contribution in [0.5, 0.6) is 5.75 Å². The highest BCUT2D eigenvalue weighted by Crippen LogP contribution is 2.41. The quantitative estimate of drug-likeness (QED) is 0.675. The Kier molecular flexibility index (Phi) is 5.89. The maximum atomic E-state index is 13.8. The van der Waals surface area contributed by atoms with E-state index >= 15 is 0 Å². The number of methoxy groups -OCH3 is 1. The molecule has 2 aromatic rings. The number of nitrogens with one attached hydrogen (secondary N) is 1. The van der Waals surface area contributed by atoms with E-state index in [1.807, 2.05) is 37.3 Å². The first-order valence-corrected chi connectivity index (χ1v) is 12.3. The van der Waals surface area contributed by atoms with Crippen molar-refractivity contribution in [3.63, 3.8) is 0 Å². The fourth-order valence-corrected chi connectivity index (χ4v) is 5.21. The van der Waals surface area contributed by atoms with E-state index in [0.29, 0.717) is 24.7 Å². The average Bonchev–Trinajstić information content (AvgIpc) is 3.62. The molecular weight excluding hydrogens is 416 g/mol. The molecule has 2 fully saturated rings. The van der Waals surface area contributed by atoms with Gasteiger partial charge in [-0.2, -0.15) is 5.10 Å². The zero-order valence-electron chi connectivity index (χ0n) is 19.7. The molecule has 0 bridgehead atoms. The molecule has 0 saturated heterocycles. The monoisotopic (exact) mass is 450 g/mol. The van der Waals surface area contributed by atoms with Crippen LogP contribution < -0.4 is 10.1 Å². The Morgan fingerprint density at radius 1 is 1.15 bits per heavy atom. The third-order valence-corrected chi connectivity index (χ3v) is 7.47. The van der Waals surface area contributed by atoms with Crippen LogP contribution in [0, 0.1) is 0 Å². The second kappa shape index (κ2) is 8.84. The summed E-state index contributed by atoms with van der Waals surface area (Å²) in [6.07, 6.45) is 8.99. The third-order valence-electron chi connectivity index (χ3n) is 7.47. The standard InChI is InChI=1S/C26H34N4O3/c1-26(25(32)27-20-9-5-3-4-6-10-20)17-30-23(15-22(28-30)19-12-13-19)24(31)29(26)16-18-8-7-11-21(14-18)33-2/h7-8,11,14-15,19-20H,3-6,9-10,12-13,16-17H2,1-2H3,(H,27,32)/t26-/m1/s1. The highest BCUT2D eigenvalue weighted by molar-refractivity contribution is 5.99. The molecule has 0 radical (unpaired) electrons. The van der Waals surface area contributed by atoms with E-state index < -0.39 is 5.54 Å². The van der Waals surface area contributed by atoms with Crippen LogP contribution in [0.25, 0.3) is 0 Å². The molecule has 1 N–H and O–H groups in total. The van der Waals surface area contributed by atoms with Gasteiger partial charge in [-0.15, -0.1) is 0 Å². The molecule has 5 rings (SSSR count). The predicted octanol–water partition coefficient (Wildman–Crippen LogP) is 4.02. The molecule has 2 aliphatic carbocycles. The number of hydrogen-bond acceptors (Lipinski definition) is 4. The van der Waals surface area contributed by atoms with Gasteiger partial charge in [0.15, 0.2) is 0 Å². The molecule has 33 heavy (non-hydrogen) atoms. The van der Waals surface area contributed by atoms with Crippen LogP contribution in [0.1, 0.15) is 86.0 Å². The Hall–Kier alpha value is -2.83. The number of fused-ring (bicyclic) bond motifs is 1. The predicted molar refractivity (Wildman–Crippen MR) is 125 cm³/mol. The van der Waals surface area contributed by atoms with E-state index in [1.165, 1.54) is 12.8 Å².